The van der Waals surface area contributed by atoms with Crippen molar-refractivity contribution in [3.05, 3.63) is 63.7 Å². The molecule has 4 rings (SSSR count). The molecule has 0 saturated carbocycles. The van der Waals surface area contributed by atoms with Crippen LogP contribution in [-0.2, 0) is 9.59 Å². The van der Waals surface area contributed by atoms with Crippen LogP contribution in [0.3, 0.4) is 0 Å². The molecule has 8 nitrogen and oxygen atoms in total. The predicted octanol–water partition coefficient (Wildman–Crippen LogP) is 4.08. The van der Waals surface area contributed by atoms with E-state index < -0.39 is 29.7 Å². The largest absolute Gasteiger partial charge is 0.490 e. The molecule has 1 aliphatic rings. The van der Waals surface area contributed by atoms with E-state index in [0.29, 0.717) is 35.4 Å². The molecule has 1 aromatic heterocycles. The van der Waals surface area contributed by atoms with Crippen LogP contribution in [0.25, 0.3) is 22.1 Å². The molecule has 2 N–H and O–H groups in total. The Kier molecular flexibility index (Phi) is 8.77. The molecule has 3 aromatic rings. The molecule has 1 fully saturated rings. The second-order valence-electron chi connectivity index (χ2n) is 7.90. The topological polar surface area (TPSA) is 109 Å². The van der Waals surface area contributed by atoms with Crippen molar-refractivity contribution in [3.8, 4) is 16.9 Å². The fraction of sp³-hybridized carbons (Fsp3) is 0.292. The molecule has 0 unspecified atom stereocenters. The number of benzene rings is 2. The zero-order valence-electron chi connectivity index (χ0n) is 19.3. The van der Waals surface area contributed by atoms with Gasteiger partial charge in [-0.25, -0.2) is 14.0 Å². The lowest BCUT2D eigenvalue weighted by Crippen LogP contribution is -2.50. The molecule has 2 heterocycles. The molecule has 0 radical (unpaired) electrons. The van der Waals surface area contributed by atoms with Gasteiger partial charge in [0.1, 0.15) is 17.1 Å². The van der Waals surface area contributed by atoms with Gasteiger partial charge >= 0.3 is 17.8 Å². The second-order valence-corrected chi connectivity index (χ2v) is 8.31. The maximum atomic E-state index is 13.4. The van der Waals surface area contributed by atoms with Crippen molar-refractivity contribution in [2.24, 2.45) is 0 Å². The van der Waals surface area contributed by atoms with Gasteiger partial charge in [-0.3, -0.25) is 4.79 Å². The standard InChI is InChI=1S/C22H20ClFN2O4.C2HF3O2/c1-13(22(28)26-8-6-25-7-9-26)29-15-3-5-17-18(12-21(27)30-20(17)11-15)16-4-2-14(24)10-19(16)23;3-2(4,5)1(6)7/h2-5,10-13,25H,6-9H2,1H3;(H,6,7)/t13-;/m1./s1. The third kappa shape index (κ3) is 7.20. The number of fused-ring (bicyclic) bond motifs is 1. The number of nitrogens with zero attached hydrogens (tertiary/aromatic N) is 1. The average molecular weight is 545 g/mol. The molecule has 198 valence electrons. The number of carboxylic acids is 1. The summed E-state index contributed by atoms with van der Waals surface area (Å²) in [7, 11) is 0. The van der Waals surface area contributed by atoms with Crippen LogP contribution < -0.4 is 15.7 Å². The van der Waals surface area contributed by atoms with Crippen LogP contribution in [0.1, 0.15) is 6.92 Å². The molecular formula is C24H21ClF4N2O6. The summed E-state index contributed by atoms with van der Waals surface area (Å²) in [5.41, 5.74) is 0.770. The maximum Gasteiger partial charge on any atom is 0.490 e. The van der Waals surface area contributed by atoms with Crippen LogP contribution in [0.4, 0.5) is 17.6 Å². The Bertz CT molecular complexity index is 1360. The summed E-state index contributed by atoms with van der Waals surface area (Å²) >= 11 is 6.18. The molecule has 1 atom stereocenters. The van der Waals surface area contributed by atoms with Crippen molar-refractivity contribution in [1.82, 2.24) is 10.2 Å². The van der Waals surface area contributed by atoms with Gasteiger partial charge in [-0.2, -0.15) is 13.2 Å². The lowest BCUT2D eigenvalue weighted by atomic mass is 10.0. The molecule has 37 heavy (non-hydrogen) atoms. The first-order chi connectivity index (χ1) is 17.4. The first-order valence-electron chi connectivity index (χ1n) is 10.9. The number of aliphatic carboxylic acids is 1. The Hall–Kier alpha value is -3.64. The summed E-state index contributed by atoms with van der Waals surface area (Å²) in [4.78, 5) is 35.3. The highest BCUT2D eigenvalue weighted by Gasteiger charge is 2.38. The van der Waals surface area contributed by atoms with Gasteiger partial charge in [0, 0.05) is 54.8 Å². The van der Waals surface area contributed by atoms with Crippen molar-refractivity contribution in [2.45, 2.75) is 19.2 Å². The summed E-state index contributed by atoms with van der Waals surface area (Å²) in [6.07, 6.45) is -5.76. The predicted molar refractivity (Wildman–Crippen MR) is 126 cm³/mol. The van der Waals surface area contributed by atoms with E-state index in [1.807, 2.05) is 0 Å². The second kappa shape index (κ2) is 11.6. The van der Waals surface area contributed by atoms with Gasteiger partial charge in [-0.15, -0.1) is 0 Å². The van der Waals surface area contributed by atoms with Crippen LogP contribution in [0, 0.1) is 5.82 Å². The molecule has 1 aliphatic heterocycles. The Morgan fingerprint density at radius 2 is 1.76 bits per heavy atom. The Balaban J connectivity index is 0.000000479. The van der Waals surface area contributed by atoms with Crippen molar-refractivity contribution in [2.75, 3.05) is 26.2 Å². The Morgan fingerprint density at radius 3 is 2.35 bits per heavy atom. The van der Waals surface area contributed by atoms with Gasteiger partial charge < -0.3 is 24.5 Å². The van der Waals surface area contributed by atoms with E-state index in [2.05, 4.69) is 5.32 Å². The van der Waals surface area contributed by atoms with Crippen LogP contribution >= 0.6 is 11.6 Å². The van der Waals surface area contributed by atoms with Gasteiger partial charge in [0.2, 0.25) is 0 Å². The smallest absolute Gasteiger partial charge is 0.481 e. The SMILES string of the molecule is C[C@@H](Oc1ccc2c(-c3ccc(F)cc3Cl)cc(=O)oc2c1)C(=O)N1CCNCC1.O=C(O)C(F)(F)F. The van der Waals surface area contributed by atoms with Gasteiger partial charge in [-0.05, 0) is 37.3 Å². The van der Waals surface area contributed by atoms with E-state index in [0.717, 1.165) is 13.1 Å². The summed E-state index contributed by atoms with van der Waals surface area (Å²) in [6, 6.07) is 10.3. The van der Waals surface area contributed by atoms with Gasteiger partial charge in [-0.1, -0.05) is 11.6 Å². The monoisotopic (exact) mass is 544 g/mol. The first-order valence-corrected chi connectivity index (χ1v) is 11.2. The van der Waals surface area contributed by atoms with Crippen molar-refractivity contribution in [1.29, 1.82) is 0 Å². The lowest BCUT2D eigenvalue weighted by molar-refractivity contribution is -0.192. The normalized spacial score (nSPS) is 14.5. The van der Waals surface area contributed by atoms with Crippen molar-refractivity contribution in [3.63, 3.8) is 0 Å². The number of halogens is 5. The molecule has 1 saturated heterocycles. The third-order valence-corrected chi connectivity index (χ3v) is 5.58. The molecule has 0 spiro atoms. The lowest BCUT2D eigenvalue weighted by Gasteiger charge is -2.29. The molecule has 0 aliphatic carbocycles. The van der Waals surface area contributed by atoms with Crippen LogP contribution in [0.5, 0.6) is 5.75 Å². The highest BCUT2D eigenvalue weighted by Crippen LogP contribution is 2.34. The molecule has 1 amide bonds. The minimum Gasteiger partial charge on any atom is -0.481 e. The number of alkyl halides is 3. The number of hydrogen-bond acceptors (Lipinski definition) is 6. The summed E-state index contributed by atoms with van der Waals surface area (Å²) < 4.78 is 56.3. The maximum absolute atomic E-state index is 13.4. The van der Waals surface area contributed by atoms with Crippen molar-refractivity contribution < 1.29 is 41.4 Å². The van der Waals surface area contributed by atoms with E-state index in [-0.39, 0.29) is 16.5 Å². The number of amides is 1. The Morgan fingerprint density at radius 1 is 1.11 bits per heavy atom. The zero-order valence-corrected chi connectivity index (χ0v) is 20.0. The zero-order chi connectivity index (χ0) is 27.3. The van der Waals surface area contributed by atoms with Crippen molar-refractivity contribution >= 4 is 34.4 Å². The van der Waals surface area contributed by atoms with E-state index in [1.165, 1.54) is 24.3 Å². The molecule has 0 bridgehead atoms. The minimum absolute atomic E-state index is 0.0927. The summed E-state index contributed by atoms with van der Waals surface area (Å²) in [5.74, 6) is -2.91. The number of nitrogens with one attached hydrogen (secondary N) is 1. The highest BCUT2D eigenvalue weighted by molar-refractivity contribution is 6.33. The van der Waals surface area contributed by atoms with E-state index >= 15 is 0 Å². The molecule has 2 aromatic carbocycles. The fourth-order valence-electron chi connectivity index (χ4n) is 3.54. The minimum atomic E-state index is -5.08. The first kappa shape index (κ1) is 27.9. The van der Waals surface area contributed by atoms with Gasteiger partial charge in [0.15, 0.2) is 6.10 Å². The van der Waals surface area contributed by atoms with E-state index in [9.17, 15) is 27.2 Å². The Labute approximate surface area is 212 Å². The van der Waals surface area contributed by atoms with E-state index in [1.54, 1.807) is 30.0 Å². The quantitative estimate of drug-likeness (QED) is 0.376. The summed E-state index contributed by atoms with van der Waals surface area (Å²) in [5, 5.41) is 11.1. The van der Waals surface area contributed by atoms with Gasteiger partial charge in [0.05, 0.1) is 5.02 Å². The van der Waals surface area contributed by atoms with Gasteiger partial charge in [0.25, 0.3) is 5.91 Å². The van der Waals surface area contributed by atoms with Crippen LogP contribution in [-0.4, -0.2) is 60.3 Å². The van der Waals surface area contributed by atoms with Crippen LogP contribution in [0.2, 0.25) is 5.02 Å². The molecule has 13 heteroatoms. The van der Waals surface area contributed by atoms with Crippen LogP contribution in [0.15, 0.2) is 51.7 Å². The highest BCUT2D eigenvalue weighted by atomic mass is 35.5. The number of carbonyl (C=O) groups is 2. The number of rotatable bonds is 4. The van der Waals surface area contributed by atoms with E-state index in [4.69, 9.17) is 30.7 Å². The fourth-order valence-corrected chi connectivity index (χ4v) is 3.81. The number of carbonyl (C=O) groups excluding carboxylic acids is 1. The molecular weight excluding hydrogens is 524 g/mol. The number of ether oxygens (including phenoxy) is 1. The third-order valence-electron chi connectivity index (χ3n) is 5.27. The average Bonchev–Trinajstić information content (AvgIpc) is 2.83. The number of piperazine rings is 1. The number of hydrogen-bond donors (Lipinski definition) is 2. The number of carboxylic acid groups (broad SMARTS) is 1. The summed E-state index contributed by atoms with van der Waals surface area (Å²) in [6.45, 7) is 4.49.